The first-order valence-corrected chi connectivity index (χ1v) is 7.44. The fourth-order valence-corrected chi connectivity index (χ4v) is 2.61. The van der Waals surface area contributed by atoms with Gasteiger partial charge in [-0.3, -0.25) is 4.79 Å². The van der Waals surface area contributed by atoms with Gasteiger partial charge in [-0.25, -0.2) is 4.98 Å². The standard InChI is InChI=1S/C16H12IN3O/c17-12-7-3-4-8-13(12)20-16(21)14-9-10-5-1-2-6-11(10)15(18)19-14/h1-9H,(H2,18,19)(H,20,21). The van der Waals surface area contributed by atoms with Gasteiger partial charge in [-0.2, -0.15) is 0 Å². The van der Waals surface area contributed by atoms with Crippen LogP contribution in [0.1, 0.15) is 10.5 Å². The number of fused-ring (bicyclic) bond motifs is 1. The van der Waals surface area contributed by atoms with Crippen molar-refractivity contribution < 1.29 is 4.79 Å². The molecule has 0 bridgehead atoms. The number of aromatic nitrogens is 1. The number of hydrogen-bond acceptors (Lipinski definition) is 3. The highest BCUT2D eigenvalue weighted by molar-refractivity contribution is 14.1. The third-order valence-corrected chi connectivity index (χ3v) is 4.07. The molecule has 0 aliphatic rings. The summed E-state index contributed by atoms with van der Waals surface area (Å²) >= 11 is 2.17. The SMILES string of the molecule is Nc1nc(C(=O)Nc2ccccc2I)cc2ccccc12. The third kappa shape index (κ3) is 2.82. The topological polar surface area (TPSA) is 68.0 Å². The Morgan fingerprint density at radius 3 is 2.62 bits per heavy atom. The number of para-hydroxylation sites is 1. The number of benzene rings is 2. The maximum absolute atomic E-state index is 12.3. The van der Waals surface area contributed by atoms with Crippen LogP contribution in [0, 0.1) is 3.57 Å². The molecule has 3 N–H and O–H groups in total. The van der Waals surface area contributed by atoms with Crippen LogP contribution in [0.5, 0.6) is 0 Å². The molecule has 1 amide bonds. The summed E-state index contributed by atoms with van der Waals surface area (Å²) in [5.41, 5.74) is 7.00. The van der Waals surface area contributed by atoms with E-state index in [1.165, 1.54) is 0 Å². The van der Waals surface area contributed by atoms with E-state index in [4.69, 9.17) is 5.73 Å². The number of amides is 1. The summed E-state index contributed by atoms with van der Waals surface area (Å²) in [5, 5.41) is 4.61. The molecule has 3 aromatic rings. The minimum Gasteiger partial charge on any atom is -0.383 e. The molecule has 0 fully saturated rings. The molecule has 0 aliphatic carbocycles. The number of pyridine rings is 1. The predicted octanol–water partition coefficient (Wildman–Crippen LogP) is 3.67. The lowest BCUT2D eigenvalue weighted by Gasteiger charge is -2.08. The fraction of sp³-hybridized carbons (Fsp3) is 0. The van der Waals surface area contributed by atoms with E-state index in [1.807, 2.05) is 48.5 Å². The summed E-state index contributed by atoms with van der Waals surface area (Å²) in [5.74, 6) is 0.0950. The zero-order valence-corrected chi connectivity index (χ0v) is 13.2. The number of anilines is 2. The molecule has 3 rings (SSSR count). The van der Waals surface area contributed by atoms with Crippen molar-refractivity contribution in [3.05, 3.63) is 63.9 Å². The lowest BCUT2D eigenvalue weighted by atomic mass is 10.1. The summed E-state index contributed by atoms with van der Waals surface area (Å²) in [6, 6.07) is 16.9. The van der Waals surface area contributed by atoms with Crippen LogP contribution in [0.25, 0.3) is 10.8 Å². The van der Waals surface area contributed by atoms with Crippen LogP contribution in [0.4, 0.5) is 11.5 Å². The van der Waals surface area contributed by atoms with Crippen molar-refractivity contribution in [3.8, 4) is 0 Å². The van der Waals surface area contributed by atoms with Crippen LogP contribution in [0.3, 0.4) is 0 Å². The fourth-order valence-electron chi connectivity index (χ4n) is 2.09. The second-order valence-electron chi connectivity index (χ2n) is 4.55. The molecule has 1 aromatic heterocycles. The van der Waals surface area contributed by atoms with E-state index in [1.54, 1.807) is 6.07 Å². The summed E-state index contributed by atoms with van der Waals surface area (Å²) in [6.07, 6.45) is 0. The van der Waals surface area contributed by atoms with Crippen molar-refractivity contribution in [1.29, 1.82) is 0 Å². The van der Waals surface area contributed by atoms with Gasteiger partial charge in [-0.1, -0.05) is 36.4 Å². The molecule has 0 saturated heterocycles. The molecular weight excluding hydrogens is 377 g/mol. The normalized spacial score (nSPS) is 10.5. The average Bonchev–Trinajstić information content (AvgIpc) is 2.49. The second kappa shape index (κ2) is 5.69. The molecule has 0 atom stereocenters. The molecule has 2 aromatic carbocycles. The molecule has 0 radical (unpaired) electrons. The molecule has 5 heteroatoms. The predicted molar refractivity (Wildman–Crippen MR) is 93.3 cm³/mol. The van der Waals surface area contributed by atoms with Crippen molar-refractivity contribution in [2.45, 2.75) is 0 Å². The second-order valence-corrected chi connectivity index (χ2v) is 5.71. The van der Waals surface area contributed by atoms with Crippen LogP contribution >= 0.6 is 22.6 Å². The number of nitrogen functional groups attached to an aromatic ring is 1. The molecule has 1 heterocycles. The molecule has 21 heavy (non-hydrogen) atoms. The van der Waals surface area contributed by atoms with Crippen LogP contribution in [-0.4, -0.2) is 10.9 Å². The Labute approximate surface area is 135 Å². The van der Waals surface area contributed by atoms with Gasteiger partial charge in [0.25, 0.3) is 5.91 Å². The number of rotatable bonds is 2. The van der Waals surface area contributed by atoms with E-state index in [9.17, 15) is 4.79 Å². The smallest absolute Gasteiger partial charge is 0.274 e. The van der Waals surface area contributed by atoms with E-state index in [-0.39, 0.29) is 5.91 Å². The average molecular weight is 389 g/mol. The van der Waals surface area contributed by atoms with E-state index >= 15 is 0 Å². The highest BCUT2D eigenvalue weighted by Crippen LogP contribution is 2.22. The van der Waals surface area contributed by atoms with Gasteiger partial charge in [0.1, 0.15) is 11.5 Å². The number of hydrogen-bond donors (Lipinski definition) is 2. The Morgan fingerprint density at radius 2 is 1.81 bits per heavy atom. The summed E-state index contributed by atoms with van der Waals surface area (Å²) < 4.78 is 0.970. The number of nitrogens with zero attached hydrogens (tertiary/aromatic N) is 1. The number of carbonyl (C=O) groups excluding carboxylic acids is 1. The maximum atomic E-state index is 12.3. The summed E-state index contributed by atoms with van der Waals surface area (Å²) in [6.45, 7) is 0. The molecule has 4 nitrogen and oxygen atoms in total. The van der Waals surface area contributed by atoms with Gasteiger partial charge >= 0.3 is 0 Å². The quantitative estimate of drug-likeness (QED) is 0.658. The Kier molecular flexibility index (Phi) is 3.74. The Bertz CT molecular complexity index is 833. The van der Waals surface area contributed by atoms with Crippen molar-refractivity contribution in [3.63, 3.8) is 0 Å². The highest BCUT2D eigenvalue weighted by atomic mass is 127. The van der Waals surface area contributed by atoms with Gasteiger partial charge in [0.2, 0.25) is 0 Å². The lowest BCUT2D eigenvalue weighted by molar-refractivity contribution is 0.102. The van der Waals surface area contributed by atoms with Gasteiger partial charge in [0.15, 0.2) is 0 Å². The largest absolute Gasteiger partial charge is 0.383 e. The van der Waals surface area contributed by atoms with Crippen LogP contribution in [0.2, 0.25) is 0 Å². The zero-order chi connectivity index (χ0) is 14.8. The Morgan fingerprint density at radius 1 is 1.10 bits per heavy atom. The minimum absolute atomic E-state index is 0.267. The first-order chi connectivity index (χ1) is 10.1. The summed E-state index contributed by atoms with van der Waals surface area (Å²) in [4.78, 5) is 16.5. The first kappa shape index (κ1) is 13.8. The molecule has 0 spiro atoms. The van der Waals surface area contributed by atoms with Crippen molar-refractivity contribution in [2.24, 2.45) is 0 Å². The molecule has 104 valence electrons. The number of halogens is 1. The minimum atomic E-state index is -0.267. The van der Waals surface area contributed by atoms with Gasteiger partial charge in [0.05, 0.1) is 5.69 Å². The Hall–Kier alpha value is -2.15. The Balaban J connectivity index is 1.97. The zero-order valence-electron chi connectivity index (χ0n) is 11.0. The number of nitrogens with one attached hydrogen (secondary N) is 1. The molecule has 0 saturated carbocycles. The van der Waals surface area contributed by atoms with E-state index in [0.29, 0.717) is 11.5 Å². The summed E-state index contributed by atoms with van der Waals surface area (Å²) in [7, 11) is 0. The van der Waals surface area contributed by atoms with Crippen LogP contribution < -0.4 is 11.1 Å². The van der Waals surface area contributed by atoms with E-state index in [0.717, 1.165) is 20.0 Å². The molecule has 0 aliphatic heterocycles. The van der Waals surface area contributed by atoms with Crippen molar-refractivity contribution in [2.75, 3.05) is 11.1 Å². The van der Waals surface area contributed by atoms with Gasteiger partial charge in [-0.15, -0.1) is 0 Å². The van der Waals surface area contributed by atoms with Crippen LogP contribution in [0.15, 0.2) is 54.6 Å². The van der Waals surface area contributed by atoms with Gasteiger partial charge in [-0.05, 0) is 46.2 Å². The first-order valence-electron chi connectivity index (χ1n) is 6.36. The van der Waals surface area contributed by atoms with E-state index in [2.05, 4.69) is 32.9 Å². The number of carbonyl (C=O) groups is 1. The van der Waals surface area contributed by atoms with Crippen molar-refractivity contribution >= 4 is 50.8 Å². The van der Waals surface area contributed by atoms with E-state index < -0.39 is 0 Å². The van der Waals surface area contributed by atoms with Gasteiger partial charge < -0.3 is 11.1 Å². The van der Waals surface area contributed by atoms with Gasteiger partial charge in [0, 0.05) is 8.96 Å². The third-order valence-electron chi connectivity index (χ3n) is 3.12. The maximum Gasteiger partial charge on any atom is 0.274 e. The lowest BCUT2D eigenvalue weighted by Crippen LogP contribution is -2.15. The van der Waals surface area contributed by atoms with Crippen LogP contribution in [-0.2, 0) is 0 Å². The highest BCUT2D eigenvalue weighted by Gasteiger charge is 2.12. The number of nitrogens with two attached hydrogens (primary N) is 1. The monoisotopic (exact) mass is 389 g/mol. The molecule has 0 unspecified atom stereocenters. The molecular formula is C16H12IN3O. The van der Waals surface area contributed by atoms with Crippen molar-refractivity contribution in [1.82, 2.24) is 4.98 Å².